The monoisotopic (exact) mass is 440 g/mol. The first-order chi connectivity index (χ1) is 13.6. The first-order valence-corrected chi connectivity index (χ1v) is 9.71. The maximum absolute atomic E-state index is 12.6. The maximum atomic E-state index is 12.6. The standard InChI is InChI=1S/C20H17BrN4O3/c21-13-8-9-17(22-11-13)24-19(26)12-4-3-5-14(10-12)23-20(27)18-15-6-1-2-7-16(15)28-25-18/h3-5,8-11H,1-2,6-7H2,(H,23,27)(H,22,24,26). The molecule has 2 N–H and O–H groups in total. The van der Waals surface area contributed by atoms with Gasteiger partial charge in [-0.1, -0.05) is 11.2 Å². The lowest BCUT2D eigenvalue weighted by Crippen LogP contribution is -2.17. The molecule has 28 heavy (non-hydrogen) atoms. The van der Waals surface area contributed by atoms with Gasteiger partial charge < -0.3 is 15.2 Å². The molecule has 0 unspecified atom stereocenters. The van der Waals surface area contributed by atoms with Crippen LogP contribution in [0, 0.1) is 0 Å². The number of hydrogen-bond donors (Lipinski definition) is 2. The van der Waals surface area contributed by atoms with Crippen molar-refractivity contribution >= 4 is 39.2 Å². The molecular formula is C20H17BrN4O3. The van der Waals surface area contributed by atoms with Crippen molar-refractivity contribution in [3.8, 4) is 0 Å². The summed E-state index contributed by atoms with van der Waals surface area (Å²) in [6.45, 7) is 0. The van der Waals surface area contributed by atoms with Gasteiger partial charge >= 0.3 is 0 Å². The molecule has 3 aromatic rings. The lowest BCUT2D eigenvalue weighted by atomic mass is 9.96. The molecule has 0 atom stereocenters. The van der Waals surface area contributed by atoms with Gasteiger partial charge in [0, 0.05) is 33.9 Å². The van der Waals surface area contributed by atoms with E-state index < -0.39 is 0 Å². The Balaban J connectivity index is 1.47. The number of anilines is 2. The molecule has 2 amide bonds. The summed E-state index contributed by atoms with van der Waals surface area (Å²) in [4.78, 5) is 29.2. The SMILES string of the molecule is O=C(Nc1ccc(Br)cn1)c1cccc(NC(=O)c2noc3c2CCCC3)c1. The van der Waals surface area contributed by atoms with E-state index in [4.69, 9.17) is 4.52 Å². The number of nitrogens with zero attached hydrogens (tertiary/aromatic N) is 2. The number of nitrogens with one attached hydrogen (secondary N) is 2. The van der Waals surface area contributed by atoms with E-state index in [1.165, 1.54) is 0 Å². The summed E-state index contributed by atoms with van der Waals surface area (Å²) >= 11 is 3.30. The van der Waals surface area contributed by atoms with Crippen LogP contribution in [0.15, 0.2) is 51.6 Å². The molecule has 1 aromatic carbocycles. The summed E-state index contributed by atoms with van der Waals surface area (Å²) < 4.78 is 6.12. The molecule has 142 valence electrons. The minimum atomic E-state index is -0.334. The van der Waals surface area contributed by atoms with Crippen LogP contribution in [-0.2, 0) is 12.8 Å². The Morgan fingerprint density at radius 2 is 1.89 bits per heavy atom. The lowest BCUT2D eigenvalue weighted by molar-refractivity contribution is 0.101. The number of pyridine rings is 1. The number of fused-ring (bicyclic) bond motifs is 1. The summed E-state index contributed by atoms with van der Waals surface area (Å²) in [5.74, 6) is 0.590. The number of rotatable bonds is 4. The highest BCUT2D eigenvalue weighted by atomic mass is 79.9. The summed E-state index contributed by atoms with van der Waals surface area (Å²) in [7, 11) is 0. The molecule has 8 heteroatoms. The molecule has 0 radical (unpaired) electrons. The fraction of sp³-hybridized carbons (Fsp3) is 0.200. The summed E-state index contributed by atoms with van der Waals surface area (Å²) in [5.41, 5.74) is 2.13. The Hall–Kier alpha value is -3.00. The van der Waals surface area contributed by atoms with Crippen LogP contribution in [0.3, 0.4) is 0 Å². The van der Waals surface area contributed by atoms with Crippen LogP contribution in [-0.4, -0.2) is 22.0 Å². The number of aromatic nitrogens is 2. The Bertz CT molecular complexity index is 1030. The van der Waals surface area contributed by atoms with Crippen molar-refractivity contribution in [2.24, 2.45) is 0 Å². The quantitative estimate of drug-likeness (QED) is 0.632. The minimum absolute atomic E-state index is 0.315. The van der Waals surface area contributed by atoms with E-state index in [1.54, 1.807) is 42.6 Å². The molecule has 2 heterocycles. The predicted molar refractivity (Wildman–Crippen MR) is 107 cm³/mol. The average molecular weight is 441 g/mol. The number of aryl methyl sites for hydroxylation is 1. The van der Waals surface area contributed by atoms with Crippen LogP contribution in [0.1, 0.15) is 45.0 Å². The van der Waals surface area contributed by atoms with Crippen molar-refractivity contribution in [2.45, 2.75) is 25.7 Å². The number of carbonyl (C=O) groups excluding carboxylic acids is 2. The van der Waals surface area contributed by atoms with Gasteiger partial charge in [0.2, 0.25) is 0 Å². The van der Waals surface area contributed by atoms with Gasteiger partial charge in [-0.05, 0) is 65.5 Å². The zero-order valence-corrected chi connectivity index (χ0v) is 16.5. The predicted octanol–water partition coefficient (Wildman–Crippen LogP) is 4.22. The van der Waals surface area contributed by atoms with Gasteiger partial charge in [-0.15, -0.1) is 0 Å². The number of halogens is 1. The molecule has 1 aliphatic carbocycles. The largest absolute Gasteiger partial charge is 0.360 e. The number of benzene rings is 1. The highest BCUT2D eigenvalue weighted by Crippen LogP contribution is 2.25. The van der Waals surface area contributed by atoms with Gasteiger partial charge in [0.05, 0.1) is 0 Å². The Labute approximate surface area is 169 Å². The van der Waals surface area contributed by atoms with E-state index in [2.05, 4.69) is 36.7 Å². The van der Waals surface area contributed by atoms with Crippen molar-refractivity contribution < 1.29 is 14.1 Å². The zero-order valence-electron chi connectivity index (χ0n) is 14.9. The topological polar surface area (TPSA) is 97.1 Å². The Kier molecular flexibility index (Phi) is 5.21. The van der Waals surface area contributed by atoms with Crippen LogP contribution in [0.25, 0.3) is 0 Å². The smallest absolute Gasteiger partial charge is 0.278 e. The van der Waals surface area contributed by atoms with Crippen molar-refractivity contribution in [1.29, 1.82) is 0 Å². The number of amides is 2. The molecule has 0 spiro atoms. The summed E-state index contributed by atoms with van der Waals surface area (Å²) in [5, 5.41) is 9.46. The summed E-state index contributed by atoms with van der Waals surface area (Å²) in [6.07, 6.45) is 5.28. The molecule has 4 rings (SSSR count). The van der Waals surface area contributed by atoms with Crippen molar-refractivity contribution in [3.05, 3.63) is 69.6 Å². The molecule has 0 aliphatic heterocycles. The zero-order chi connectivity index (χ0) is 19.5. The van der Waals surface area contributed by atoms with Gasteiger partial charge in [0.15, 0.2) is 5.69 Å². The van der Waals surface area contributed by atoms with Crippen molar-refractivity contribution in [1.82, 2.24) is 10.1 Å². The molecule has 7 nitrogen and oxygen atoms in total. The molecule has 1 aliphatic rings. The van der Waals surface area contributed by atoms with Gasteiger partial charge in [0.1, 0.15) is 11.6 Å². The van der Waals surface area contributed by atoms with Crippen molar-refractivity contribution in [3.63, 3.8) is 0 Å². The third-order valence-electron chi connectivity index (χ3n) is 4.52. The number of hydrogen-bond acceptors (Lipinski definition) is 5. The second-order valence-corrected chi connectivity index (χ2v) is 7.41. The fourth-order valence-corrected chi connectivity index (χ4v) is 3.36. The normalized spacial score (nSPS) is 12.9. The Morgan fingerprint density at radius 1 is 1.04 bits per heavy atom. The van der Waals surface area contributed by atoms with E-state index in [0.717, 1.165) is 41.5 Å². The van der Waals surface area contributed by atoms with E-state index >= 15 is 0 Å². The average Bonchev–Trinajstić information content (AvgIpc) is 3.14. The van der Waals surface area contributed by atoms with Gasteiger partial charge in [-0.25, -0.2) is 4.98 Å². The molecule has 2 aromatic heterocycles. The van der Waals surface area contributed by atoms with Crippen LogP contribution in [0.4, 0.5) is 11.5 Å². The van der Waals surface area contributed by atoms with Gasteiger partial charge in [0.25, 0.3) is 11.8 Å². The molecular weight excluding hydrogens is 424 g/mol. The van der Waals surface area contributed by atoms with Gasteiger partial charge in [-0.2, -0.15) is 0 Å². The summed E-state index contributed by atoms with van der Waals surface area (Å²) in [6, 6.07) is 10.2. The lowest BCUT2D eigenvalue weighted by Gasteiger charge is -2.10. The minimum Gasteiger partial charge on any atom is -0.360 e. The molecule has 0 saturated heterocycles. The van der Waals surface area contributed by atoms with Crippen molar-refractivity contribution in [2.75, 3.05) is 10.6 Å². The number of carbonyl (C=O) groups is 2. The maximum Gasteiger partial charge on any atom is 0.278 e. The van der Waals surface area contributed by atoms with Gasteiger partial charge in [-0.3, -0.25) is 9.59 Å². The first-order valence-electron chi connectivity index (χ1n) is 8.92. The van der Waals surface area contributed by atoms with Crippen LogP contribution in [0.5, 0.6) is 0 Å². The van der Waals surface area contributed by atoms with E-state index in [9.17, 15) is 9.59 Å². The third-order valence-corrected chi connectivity index (χ3v) is 4.99. The molecule has 0 saturated carbocycles. The Morgan fingerprint density at radius 3 is 2.71 bits per heavy atom. The third kappa shape index (κ3) is 3.96. The van der Waals surface area contributed by atoms with E-state index in [-0.39, 0.29) is 11.8 Å². The molecule has 0 fully saturated rings. The van der Waals surface area contributed by atoms with E-state index in [1.807, 2.05) is 0 Å². The van der Waals surface area contributed by atoms with E-state index in [0.29, 0.717) is 22.8 Å². The highest BCUT2D eigenvalue weighted by molar-refractivity contribution is 9.10. The molecule has 0 bridgehead atoms. The highest BCUT2D eigenvalue weighted by Gasteiger charge is 2.24. The van der Waals surface area contributed by atoms with Crippen LogP contribution < -0.4 is 10.6 Å². The second-order valence-electron chi connectivity index (χ2n) is 6.49. The van der Waals surface area contributed by atoms with Crippen LogP contribution in [0.2, 0.25) is 0 Å². The fourth-order valence-electron chi connectivity index (χ4n) is 3.13. The second kappa shape index (κ2) is 7.93. The van der Waals surface area contributed by atoms with Crippen LogP contribution >= 0.6 is 15.9 Å². The first kappa shape index (κ1) is 18.4.